The Bertz CT molecular complexity index is 595. The van der Waals surface area contributed by atoms with Crippen LogP contribution in [0.1, 0.15) is 57.9 Å². The van der Waals surface area contributed by atoms with E-state index in [4.69, 9.17) is 23.2 Å². The molecule has 4 nitrogen and oxygen atoms in total. The van der Waals surface area contributed by atoms with E-state index in [1.807, 2.05) is 0 Å². The molecule has 25 heavy (non-hydrogen) atoms. The molecule has 0 heterocycles. The third-order valence-electron chi connectivity index (χ3n) is 4.81. The molecule has 138 valence electrons. The van der Waals surface area contributed by atoms with Crippen molar-refractivity contribution in [2.45, 2.75) is 71.0 Å². The first-order chi connectivity index (χ1) is 11.9. The first-order valence-corrected chi connectivity index (χ1v) is 9.72. The molecule has 0 bridgehead atoms. The van der Waals surface area contributed by atoms with Crippen molar-refractivity contribution < 1.29 is 9.59 Å². The fourth-order valence-corrected chi connectivity index (χ4v) is 3.73. The SMILES string of the molecule is CCC(=O)N(Cc1c(Cl)cccc1Cl)C(C)C(=O)NC1CCCCC1. The molecule has 0 aromatic heterocycles. The average Bonchev–Trinajstić information content (AvgIpc) is 2.61. The van der Waals surface area contributed by atoms with Gasteiger partial charge in [0.25, 0.3) is 0 Å². The molecular formula is C19H26Cl2N2O2. The van der Waals surface area contributed by atoms with E-state index in [0.29, 0.717) is 22.0 Å². The van der Waals surface area contributed by atoms with E-state index in [9.17, 15) is 9.59 Å². The summed E-state index contributed by atoms with van der Waals surface area (Å²) in [6, 6.07) is 4.89. The molecule has 1 aromatic carbocycles. The topological polar surface area (TPSA) is 49.4 Å². The lowest BCUT2D eigenvalue weighted by Crippen LogP contribution is -2.50. The molecule has 1 saturated carbocycles. The summed E-state index contributed by atoms with van der Waals surface area (Å²) >= 11 is 12.5. The Hall–Kier alpha value is -1.26. The molecule has 2 rings (SSSR count). The molecule has 1 N–H and O–H groups in total. The smallest absolute Gasteiger partial charge is 0.242 e. The number of rotatable bonds is 6. The monoisotopic (exact) mass is 384 g/mol. The Balaban J connectivity index is 2.12. The van der Waals surface area contributed by atoms with Gasteiger partial charge in [-0.1, -0.05) is 55.5 Å². The van der Waals surface area contributed by atoms with Crippen LogP contribution in [-0.4, -0.2) is 28.8 Å². The number of hydrogen-bond donors (Lipinski definition) is 1. The van der Waals surface area contributed by atoms with Gasteiger partial charge in [-0.3, -0.25) is 9.59 Å². The highest BCUT2D eigenvalue weighted by Gasteiger charge is 2.28. The van der Waals surface area contributed by atoms with Crippen LogP contribution in [0.15, 0.2) is 18.2 Å². The molecule has 0 radical (unpaired) electrons. The highest BCUT2D eigenvalue weighted by molar-refractivity contribution is 6.36. The molecule has 1 fully saturated rings. The van der Waals surface area contributed by atoms with Crippen LogP contribution in [0, 0.1) is 0 Å². The molecule has 2 amide bonds. The Labute approximate surface area is 159 Å². The summed E-state index contributed by atoms with van der Waals surface area (Å²) in [5.74, 6) is -0.209. The lowest BCUT2D eigenvalue weighted by atomic mass is 9.95. The lowest BCUT2D eigenvalue weighted by molar-refractivity contribution is -0.140. The first kappa shape index (κ1) is 20.1. The van der Waals surface area contributed by atoms with Crippen molar-refractivity contribution in [2.75, 3.05) is 0 Å². The van der Waals surface area contributed by atoms with Gasteiger partial charge in [-0.2, -0.15) is 0 Å². The Morgan fingerprint density at radius 1 is 1.20 bits per heavy atom. The number of amides is 2. The summed E-state index contributed by atoms with van der Waals surface area (Å²) in [5, 5.41) is 4.10. The van der Waals surface area contributed by atoms with Crippen molar-refractivity contribution >= 4 is 35.0 Å². The fourth-order valence-electron chi connectivity index (χ4n) is 3.21. The number of halogens is 2. The minimum Gasteiger partial charge on any atom is -0.352 e. The van der Waals surface area contributed by atoms with Gasteiger partial charge < -0.3 is 10.2 Å². The molecule has 1 unspecified atom stereocenters. The quantitative estimate of drug-likeness (QED) is 0.780. The summed E-state index contributed by atoms with van der Waals surface area (Å²) in [6.45, 7) is 3.77. The highest BCUT2D eigenvalue weighted by atomic mass is 35.5. The van der Waals surface area contributed by atoms with Gasteiger partial charge in [0.15, 0.2) is 0 Å². The second-order valence-corrected chi connectivity index (χ2v) is 7.41. The van der Waals surface area contributed by atoms with Crippen molar-refractivity contribution in [1.82, 2.24) is 10.2 Å². The average molecular weight is 385 g/mol. The van der Waals surface area contributed by atoms with E-state index >= 15 is 0 Å². The number of nitrogens with zero attached hydrogens (tertiary/aromatic N) is 1. The lowest BCUT2D eigenvalue weighted by Gasteiger charge is -2.31. The third-order valence-corrected chi connectivity index (χ3v) is 5.52. The number of carbonyl (C=O) groups excluding carboxylic acids is 2. The van der Waals surface area contributed by atoms with Crippen LogP contribution in [0.5, 0.6) is 0 Å². The normalized spacial score (nSPS) is 16.3. The molecule has 1 aliphatic carbocycles. The maximum atomic E-state index is 12.7. The van der Waals surface area contributed by atoms with Crippen LogP contribution in [-0.2, 0) is 16.1 Å². The van der Waals surface area contributed by atoms with E-state index in [-0.39, 0.29) is 24.4 Å². The molecule has 1 aliphatic rings. The Kier molecular flexibility index (Phi) is 7.57. The number of benzene rings is 1. The highest BCUT2D eigenvalue weighted by Crippen LogP contribution is 2.27. The van der Waals surface area contributed by atoms with Crippen molar-refractivity contribution in [3.63, 3.8) is 0 Å². The van der Waals surface area contributed by atoms with Crippen LogP contribution >= 0.6 is 23.2 Å². The zero-order valence-electron chi connectivity index (χ0n) is 14.9. The summed E-state index contributed by atoms with van der Waals surface area (Å²) in [4.78, 5) is 26.7. The zero-order chi connectivity index (χ0) is 18.4. The van der Waals surface area contributed by atoms with E-state index in [0.717, 1.165) is 25.7 Å². The maximum absolute atomic E-state index is 12.7. The molecule has 1 atom stereocenters. The largest absolute Gasteiger partial charge is 0.352 e. The van der Waals surface area contributed by atoms with Gasteiger partial charge >= 0.3 is 0 Å². The maximum Gasteiger partial charge on any atom is 0.242 e. The van der Waals surface area contributed by atoms with Crippen molar-refractivity contribution in [1.29, 1.82) is 0 Å². The first-order valence-electron chi connectivity index (χ1n) is 8.96. The van der Waals surface area contributed by atoms with E-state index in [2.05, 4.69) is 5.32 Å². The van der Waals surface area contributed by atoms with E-state index in [1.54, 1.807) is 36.9 Å². The van der Waals surface area contributed by atoms with Crippen LogP contribution in [0.25, 0.3) is 0 Å². The van der Waals surface area contributed by atoms with E-state index < -0.39 is 6.04 Å². The Morgan fingerprint density at radius 3 is 2.36 bits per heavy atom. The number of hydrogen-bond acceptors (Lipinski definition) is 2. The van der Waals surface area contributed by atoms with Crippen LogP contribution in [0.4, 0.5) is 0 Å². The predicted octanol–water partition coefficient (Wildman–Crippen LogP) is 4.57. The van der Waals surface area contributed by atoms with Gasteiger partial charge in [-0.15, -0.1) is 0 Å². The number of nitrogens with one attached hydrogen (secondary N) is 1. The van der Waals surface area contributed by atoms with Crippen molar-refractivity contribution in [3.05, 3.63) is 33.8 Å². The molecule has 0 spiro atoms. The summed E-state index contributed by atoms with van der Waals surface area (Å²) in [7, 11) is 0. The van der Waals surface area contributed by atoms with Crippen LogP contribution in [0.3, 0.4) is 0 Å². The van der Waals surface area contributed by atoms with Gasteiger partial charge in [-0.05, 0) is 31.9 Å². The summed E-state index contributed by atoms with van der Waals surface area (Å²) < 4.78 is 0. The second kappa shape index (κ2) is 9.44. The van der Waals surface area contributed by atoms with Crippen LogP contribution in [0.2, 0.25) is 10.0 Å². The van der Waals surface area contributed by atoms with Gasteiger partial charge in [0.1, 0.15) is 6.04 Å². The third kappa shape index (κ3) is 5.35. The minimum absolute atomic E-state index is 0.0951. The minimum atomic E-state index is -0.568. The zero-order valence-corrected chi connectivity index (χ0v) is 16.4. The standard InChI is InChI=1S/C19H26Cl2N2O2/c1-3-18(24)23(12-15-16(20)10-7-11-17(15)21)13(2)19(25)22-14-8-5-4-6-9-14/h7,10-11,13-14H,3-6,8-9,12H2,1-2H3,(H,22,25). The molecular weight excluding hydrogens is 359 g/mol. The molecule has 0 saturated heterocycles. The molecule has 0 aliphatic heterocycles. The summed E-state index contributed by atoms with van der Waals surface area (Å²) in [6.07, 6.45) is 5.86. The van der Waals surface area contributed by atoms with Crippen LogP contribution < -0.4 is 5.32 Å². The summed E-state index contributed by atoms with van der Waals surface area (Å²) in [5.41, 5.74) is 0.671. The molecule has 1 aromatic rings. The van der Waals surface area contributed by atoms with Gasteiger partial charge in [-0.25, -0.2) is 0 Å². The fraction of sp³-hybridized carbons (Fsp3) is 0.579. The predicted molar refractivity (Wildman–Crippen MR) is 102 cm³/mol. The van der Waals surface area contributed by atoms with Gasteiger partial charge in [0.05, 0.1) is 0 Å². The Morgan fingerprint density at radius 2 is 1.80 bits per heavy atom. The second-order valence-electron chi connectivity index (χ2n) is 6.59. The van der Waals surface area contributed by atoms with Gasteiger partial charge in [0.2, 0.25) is 11.8 Å². The molecule has 6 heteroatoms. The van der Waals surface area contributed by atoms with Crippen molar-refractivity contribution in [3.8, 4) is 0 Å². The van der Waals surface area contributed by atoms with Crippen molar-refractivity contribution in [2.24, 2.45) is 0 Å². The van der Waals surface area contributed by atoms with E-state index in [1.165, 1.54) is 6.42 Å². The van der Waals surface area contributed by atoms with Gasteiger partial charge in [0, 0.05) is 34.6 Å². The number of carbonyl (C=O) groups is 2.